The van der Waals surface area contributed by atoms with Crippen molar-refractivity contribution in [1.82, 2.24) is 9.97 Å². The zero-order chi connectivity index (χ0) is 15.2. The topological polar surface area (TPSA) is 84.2 Å². The number of H-pyrrole nitrogens is 1. The molecule has 3 N–H and O–H groups in total. The number of hydrogen-bond donors (Lipinski definition) is 2. The molecule has 2 rings (SSSR count). The maximum absolute atomic E-state index is 11.8. The van der Waals surface area contributed by atoms with Gasteiger partial charge in [-0.15, -0.1) is 0 Å². The lowest BCUT2D eigenvalue weighted by molar-refractivity contribution is 0.405. The number of rotatable bonds is 6. The van der Waals surface area contributed by atoms with Crippen molar-refractivity contribution in [3.63, 3.8) is 0 Å². The van der Waals surface area contributed by atoms with E-state index in [4.69, 9.17) is 10.5 Å². The van der Waals surface area contributed by atoms with E-state index in [1.807, 2.05) is 29.2 Å². The molecule has 21 heavy (non-hydrogen) atoms. The first-order chi connectivity index (χ1) is 10.2. The third kappa shape index (κ3) is 3.53. The van der Waals surface area contributed by atoms with Crippen LogP contribution in [0.15, 0.2) is 35.4 Å². The van der Waals surface area contributed by atoms with Gasteiger partial charge in [0.1, 0.15) is 0 Å². The van der Waals surface area contributed by atoms with Crippen LogP contribution in [0.2, 0.25) is 0 Å². The maximum Gasteiger partial charge on any atom is 0.295 e. The standard InChI is InChI=1S/C15H20N4O2/c1-3-7-19(9-11-5-4-6-12(16)8-11)14-13(21-2)15(20)18-10-17-14/h4-6,8,10H,3,7,9,16H2,1-2H3,(H,17,18,20). The van der Waals surface area contributed by atoms with Crippen molar-refractivity contribution >= 4 is 11.5 Å². The van der Waals surface area contributed by atoms with Gasteiger partial charge in [-0.2, -0.15) is 0 Å². The molecule has 0 saturated carbocycles. The van der Waals surface area contributed by atoms with E-state index < -0.39 is 0 Å². The molecule has 1 aromatic carbocycles. The molecule has 0 aliphatic rings. The Morgan fingerprint density at radius 2 is 2.24 bits per heavy atom. The van der Waals surface area contributed by atoms with Gasteiger partial charge in [0, 0.05) is 18.8 Å². The second kappa shape index (κ2) is 6.78. The lowest BCUT2D eigenvalue weighted by atomic mass is 10.2. The Kier molecular flexibility index (Phi) is 4.81. The van der Waals surface area contributed by atoms with Crippen LogP contribution in [0.4, 0.5) is 11.5 Å². The van der Waals surface area contributed by atoms with Crippen molar-refractivity contribution in [3.8, 4) is 5.75 Å². The van der Waals surface area contributed by atoms with Crippen LogP contribution >= 0.6 is 0 Å². The summed E-state index contributed by atoms with van der Waals surface area (Å²) in [6.07, 6.45) is 2.32. The largest absolute Gasteiger partial charge is 0.489 e. The van der Waals surface area contributed by atoms with E-state index >= 15 is 0 Å². The number of benzene rings is 1. The molecule has 1 heterocycles. The molecule has 0 radical (unpaired) electrons. The summed E-state index contributed by atoms with van der Waals surface area (Å²) in [5, 5.41) is 0. The zero-order valence-corrected chi connectivity index (χ0v) is 12.3. The van der Waals surface area contributed by atoms with Gasteiger partial charge in [0.25, 0.3) is 5.56 Å². The van der Waals surface area contributed by atoms with E-state index in [1.54, 1.807) is 0 Å². The van der Waals surface area contributed by atoms with Crippen LogP contribution < -0.4 is 20.9 Å². The van der Waals surface area contributed by atoms with Gasteiger partial charge in [-0.3, -0.25) is 4.79 Å². The average Bonchev–Trinajstić information content (AvgIpc) is 2.46. The number of anilines is 2. The monoisotopic (exact) mass is 288 g/mol. The molecule has 0 unspecified atom stereocenters. The number of aromatic nitrogens is 2. The smallest absolute Gasteiger partial charge is 0.295 e. The number of aromatic amines is 1. The first-order valence-corrected chi connectivity index (χ1v) is 6.86. The van der Waals surface area contributed by atoms with Gasteiger partial charge in [0.15, 0.2) is 5.82 Å². The minimum Gasteiger partial charge on any atom is -0.489 e. The molecule has 2 aromatic rings. The van der Waals surface area contributed by atoms with Gasteiger partial charge in [0.05, 0.1) is 13.4 Å². The molecule has 0 spiro atoms. The average molecular weight is 288 g/mol. The Balaban J connectivity index is 2.35. The van der Waals surface area contributed by atoms with Crippen LogP contribution in [0.25, 0.3) is 0 Å². The van der Waals surface area contributed by atoms with Crippen LogP contribution in [0, 0.1) is 0 Å². The van der Waals surface area contributed by atoms with Crippen LogP contribution in [0.5, 0.6) is 5.75 Å². The van der Waals surface area contributed by atoms with Gasteiger partial charge in [-0.25, -0.2) is 4.98 Å². The second-order valence-corrected chi connectivity index (χ2v) is 4.76. The molecule has 0 bridgehead atoms. The second-order valence-electron chi connectivity index (χ2n) is 4.76. The van der Waals surface area contributed by atoms with Crippen molar-refractivity contribution in [1.29, 1.82) is 0 Å². The number of nitrogens with one attached hydrogen (secondary N) is 1. The van der Waals surface area contributed by atoms with Crippen molar-refractivity contribution in [2.45, 2.75) is 19.9 Å². The van der Waals surface area contributed by atoms with Crippen molar-refractivity contribution < 1.29 is 4.74 Å². The summed E-state index contributed by atoms with van der Waals surface area (Å²) in [7, 11) is 1.47. The maximum atomic E-state index is 11.8. The fraction of sp³-hybridized carbons (Fsp3) is 0.333. The molecule has 0 fully saturated rings. The van der Waals surface area contributed by atoms with Crippen molar-refractivity contribution in [2.24, 2.45) is 0 Å². The molecule has 0 aliphatic carbocycles. The van der Waals surface area contributed by atoms with Crippen LogP contribution in [-0.2, 0) is 6.54 Å². The lowest BCUT2D eigenvalue weighted by Gasteiger charge is -2.24. The number of methoxy groups -OCH3 is 1. The number of hydrogen-bond acceptors (Lipinski definition) is 5. The molecule has 112 valence electrons. The zero-order valence-electron chi connectivity index (χ0n) is 12.3. The van der Waals surface area contributed by atoms with E-state index in [-0.39, 0.29) is 11.3 Å². The van der Waals surface area contributed by atoms with Crippen molar-refractivity contribution in [2.75, 3.05) is 24.3 Å². The van der Waals surface area contributed by atoms with Gasteiger partial charge in [-0.05, 0) is 24.1 Å². The molecule has 0 amide bonds. The van der Waals surface area contributed by atoms with Crippen LogP contribution in [-0.4, -0.2) is 23.6 Å². The fourth-order valence-corrected chi connectivity index (χ4v) is 2.23. The first-order valence-electron chi connectivity index (χ1n) is 6.86. The van der Waals surface area contributed by atoms with Crippen LogP contribution in [0.3, 0.4) is 0 Å². The van der Waals surface area contributed by atoms with E-state index in [9.17, 15) is 4.79 Å². The van der Waals surface area contributed by atoms with E-state index in [1.165, 1.54) is 13.4 Å². The predicted octanol–water partition coefficient (Wildman–Crippen LogP) is 1.78. The van der Waals surface area contributed by atoms with Gasteiger partial charge in [-0.1, -0.05) is 19.1 Å². The summed E-state index contributed by atoms with van der Waals surface area (Å²) >= 11 is 0. The Labute approximate surface area is 123 Å². The number of nitrogens with zero attached hydrogens (tertiary/aromatic N) is 2. The molecule has 6 heteroatoms. The highest BCUT2D eigenvalue weighted by molar-refractivity contribution is 5.52. The lowest BCUT2D eigenvalue weighted by Crippen LogP contribution is -2.27. The molecule has 0 saturated heterocycles. The van der Waals surface area contributed by atoms with Gasteiger partial charge in [0.2, 0.25) is 5.75 Å². The fourth-order valence-electron chi connectivity index (χ4n) is 2.23. The molecule has 0 aliphatic heterocycles. The van der Waals surface area contributed by atoms with E-state index in [2.05, 4.69) is 16.9 Å². The number of nitrogen functional groups attached to an aromatic ring is 1. The van der Waals surface area contributed by atoms with E-state index in [0.717, 1.165) is 24.2 Å². The van der Waals surface area contributed by atoms with E-state index in [0.29, 0.717) is 12.4 Å². The predicted molar refractivity (Wildman–Crippen MR) is 83.6 cm³/mol. The summed E-state index contributed by atoms with van der Waals surface area (Å²) < 4.78 is 5.19. The Morgan fingerprint density at radius 3 is 2.90 bits per heavy atom. The summed E-state index contributed by atoms with van der Waals surface area (Å²) in [5.74, 6) is 0.778. The molecule has 6 nitrogen and oxygen atoms in total. The highest BCUT2D eigenvalue weighted by Gasteiger charge is 2.16. The molecular weight excluding hydrogens is 268 g/mol. The third-order valence-corrected chi connectivity index (χ3v) is 3.11. The minimum absolute atomic E-state index is 0.231. The Morgan fingerprint density at radius 1 is 1.43 bits per heavy atom. The van der Waals surface area contributed by atoms with Gasteiger partial charge >= 0.3 is 0 Å². The summed E-state index contributed by atoms with van der Waals surface area (Å²) in [5.41, 5.74) is 7.31. The molecule has 1 aromatic heterocycles. The quantitative estimate of drug-likeness (QED) is 0.791. The molecule has 0 atom stereocenters. The summed E-state index contributed by atoms with van der Waals surface area (Å²) in [6, 6.07) is 7.68. The summed E-state index contributed by atoms with van der Waals surface area (Å²) in [6.45, 7) is 3.46. The first kappa shape index (κ1) is 14.9. The SMILES string of the molecule is CCCN(Cc1cccc(N)c1)c1nc[nH]c(=O)c1OC. The Hall–Kier alpha value is -2.50. The number of ether oxygens (including phenoxy) is 1. The third-order valence-electron chi connectivity index (χ3n) is 3.11. The Bertz CT molecular complexity index is 654. The van der Waals surface area contributed by atoms with Gasteiger partial charge < -0.3 is 20.4 Å². The minimum atomic E-state index is -0.281. The number of nitrogens with two attached hydrogens (primary N) is 1. The highest BCUT2D eigenvalue weighted by atomic mass is 16.5. The normalized spacial score (nSPS) is 10.4. The molecular formula is C15H20N4O2. The van der Waals surface area contributed by atoms with Crippen molar-refractivity contribution in [3.05, 3.63) is 46.5 Å². The highest BCUT2D eigenvalue weighted by Crippen LogP contribution is 2.23. The van der Waals surface area contributed by atoms with Crippen LogP contribution in [0.1, 0.15) is 18.9 Å². The summed E-state index contributed by atoms with van der Waals surface area (Å²) in [4.78, 5) is 20.6.